The molecule has 1 rings (SSSR count). The van der Waals surface area contributed by atoms with Crippen LogP contribution in [0.2, 0.25) is 0 Å². The van der Waals surface area contributed by atoms with Gasteiger partial charge in [-0.25, -0.2) is 4.79 Å². The van der Waals surface area contributed by atoms with Crippen LogP contribution < -0.4 is 15.5 Å². The summed E-state index contributed by atoms with van der Waals surface area (Å²) in [6.45, 7) is 9.12. The van der Waals surface area contributed by atoms with Crippen LogP contribution >= 0.6 is 0 Å². The summed E-state index contributed by atoms with van der Waals surface area (Å²) in [7, 11) is 5.44. The molecule has 0 atom stereocenters. The molecule has 3 amide bonds. The van der Waals surface area contributed by atoms with Crippen molar-refractivity contribution in [3.05, 3.63) is 23.8 Å². The Hall–Kier alpha value is -2.28. The quantitative estimate of drug-likeness (QED) is 0.693. The van der Waals surface area contributed by atoms with Gasteiger partial charge >= 0.3 is 6.03 Å². The Kier molecular flexibility index (Phi) is 9.08. The average Bonchev–Trinajstić information content (AvgIpc) is 2.53. The van der Waals surface area contributed by atoms with E-state index in [9.17, 15) is 9.59 Å². The molecule has 7 nitrogen and oxygen atoms in total. The Bertz CT molecular complexity index is 630. The molecule has 0 aliphatic rings. The van der Waals surface area contributed by atoms with Crippen LogP contribution in [0, 0.1) is 5.92 Å². The third-order valence-corrected chi connectivity index (χ3v) is 3.81. The van der Waals surface area contributed by atoms with Crippen molar-refractivity contribution in [1.82, 2.24) is 10.2 Å². The van der Waals surface area contributed by atoms with E-state index < -0.39 is 0 Å². The second-order valence-electron chi connectivity index (χ2n) is 7.59. The van der Waals surface area contributed by atoms with Crippen molar-refractivity contribution >= 4 is 23.3 Å². The van der Waals surface area contributed by atoms with Crippen molar-refractivity contribution in [2.45, 2.75) is 40.3 Å². The van der Waals surface area contributed by atoms with Gasteiger partial charge in [0, 0.05) is 51.7 Å². The first-order chi connectivity index (χ1) is 12.6. The maximum atomic E-state index is 12.5. The summed E-state index contributed by atoms with van der Waals surface area (Å²) in [5.41, 5.74) is 2.66. The number of methoxy groups -OCH3 is 1. The molecule has 7 heteroatoms. The van der Waals surface area contributed by atoms with Crippen LogP contribution in [0.4, 0.5) is 16.2 Å². The molecule has 0 aromatic heterocycles. The minimum atomic E-state index is -0.247. The van der Waals surface area contributed by atoms with Crippen molar-refractivity contribution in [3.8, 4) is 0 Å². The van der Waals surface area contributed by atoms with Gasteiger partial charge in [0.1, 0.15) is 6.61 Å². The first-order valence-corrected chi connectivity index (χ1v) is 9.28. The van der Waals surface area contributed by atoms with Gasteiger partial charge in [-0.05, 0) is 43.5 Å². The number of anilines is 2. The van der Waals surface area contributed by atoms with Gasteiger partial charge in [0.05, 0.1) is 0 Å². The molecule has 0 heterocycles. The van der Waals surface area contributed by atoms with Crippen molar-refractivity contribution in [1.29, 1.82) is 0 Å². The molecule has 0 radical (unpaired) electrons. The smallest absolute Gasteiger partial charge is 0.319 e. The molecule has 0 aliphatic carbocycles. The molecule has 152 valence electrons. The number of rotatable bonds is 9. The molecule has 0 bridgehead atoms. The topological polar surface area (TPSA) is 73.9 Å². The highest BCUT2D eigenvalue weighted by atomic mass is 16.5. The number of nitrogens with one attached hydrogen (secondary N) is 2. The predicted octanol–water partition coefficient (Wildman–Crippen LogP) is 2.91. The molecular weight excluding hydrogens is 344 g/mol. The van der Waals surface area contributed by atoms with Gasteiger partial charge in [-0.1, -0.05) is 13.8 Å². The summed E-state index contributed by atoms with van der Waals surface area (Å²) in [5.74, 6) is 0.290. The van der Waals surface area contributed by atoms with Crippen LogP contribution in [-0.2, 0) is 16.1 Å². The van der Waals surface area contributed by atoms with Gasteiger partial charge in [-0.15, -0.1) is 0 Å². The molecule has 0 fully saturated rings. The van der Waals surface area contributed by atoms with E-state index in [1.54, 1.807) is 4.90 Å². The van der Waals surface area contributed by atoms with Gasteiger partial charge in [0.25, 0.3) is 0 Å². The molecule has 27 heavy (non-hydrogen) atoms. The molecule has 1 aromatic rings. The van der Waals surface area contributed by atoms with Gasteiger partial charge in [-0.2, -0.15) is 0 Å². The Labute approximate surface area is 163 Å². The number of nitrogens with zero attached hydrogens (tertiary/aromatic N) is 2. The fourth-order valence-corrected chi connectivity index (χ4v) is 2.77. The number of hydrogen-bond donors (Lipinski definition) is 2. The number of hydrogen-bond acceptors (Lipinski definition) is 4. The molecule has 0 unspecified atom stereocenters. The highest BCUT2D eigenvalue weighted by molar-refractivity contribution is 5.90. The Morgan fingerprint density at radius 2 is 1.81 bits per heavy atom. The SMILES string of the molecule is COCC(=O)N(Cc1cc(NC(=O)NC(C)C)ccc1N(C)C)CC(C)C. The van der Waals surface area contributed by atoms with E-state index >= 15 is 0 Å². The molecule has 0 saturated carbocycles. The van der Waals surface area contributed by atoms with E-state index in [2.05, 4.69) is 24.5 Å². The minimum Gasteiger partial charge on any atom is -0.377 e. The Morgan fingerprint density at radius 1 is 1.15 bits per heavy atom. The predicted molar refractivity (Wildman–Crippen MR) is 110 cm³/mol. The highest BCUT2D eigenvalue weighted by Gasteiger charge is 2.18. The summed E-state index contributed by atoms with van der Waals surface area (Å²) < 4.78 is 5.03. The zero-order valence-electron chi connectivity index (χ0n) is 17.6. The van der Waals surface area contributed by atoms with E-state index in [0.717, 1.165) is 11.3 Å². The zero-order valence-corrected chi connectivity index (χ0v) is 17.6. The maximum absolute atomic E-state index is 12.5. The van der Waals surface area contributed by atoms with Crippen LogP contribution in [0.25, 0.3) is 0 Å². The Morgan fingerprint density at radius 3 is 2.33 bits per heavy atom. The zero-order chi connectivity index (χ0) is 20.6. The summed E-state index contributed by atoms with van der Waals surface area (Å²) in [4.78, 5) is 28.3. The van der Waals surface area contributed by atoms with Crippen LogP contribution in [0.1, 0.15) is 33.3 Å². The van der Waals surface area contributed by atoms with Crippen molar-refractivity contribution in [3.63, 3.8) is 0 Å². The van der Waals surface area contributed by atoms with Crippen molar-refractivity contribution in [2.24, 2.45) is 5.92 Å². The van der Waals surface area contributed by atoms with E-state index in [0.29, 0.717) is 24.7 Å². The number of amides is 3. The molecule has 0 spiro atoms. The summed E-state index contributed by atoms with van der Waals surface area (Å²) in [6.07, 6.45) is 0. The number of urea groups is 1. The number of carbonyl (C=O) groups excluding carboxylic acids is 2. The monoisotopic (exact) mass is 378 g/mol. The largest absolute Gasteiger partial charge is 0.377 e. The molecule has 2 N–H and O–H groups in total. The summed E-state index contributed by atoms with van der Waals surface area (Å²) in [5, 5.41) is 5.66. The lowest BCUT2D eigenvalue weighted by atomic mass is 10.1. The minimum absolute atomic E-state index is 0.0492. The lowest BCUT2D eigenvalue weighted by Crippen LogP contribution is -2.36. The van der Waals surface area contributed by atoms with Crippen LogP contribution in [-0.4, -0.2) is 57.2 Å². The standard InChI is InChI=1S/C20H34N4O3/c1-14(2)11-24(19(25)13-27-7)12-16-10-17(8-9-18(16)23(5)6)22-20(26)21-15(3)4/h8-10,14-15H,11-13H2,1-7H3,(H2,21,22,26). The second-order valence-corrected chi connectivity index (χ2v) is 7.59. The first kappa shape index (κ1) is 22.8. The van der Waals surface area contributed by atoms with Gasteiger partial charge in [0.2, 0.25) is 5.91 Å². The van der Waals surface area contributed by atoms with Crippen molar-refractivity contribution < 1.29 is 14.3 Å². The Balaban J connectivity index is 3.10. The molecular formula is C20H34N4O3. The summed E-state index contributed by atoms with van der Waals surface area (Å²) in [6, 6.07) is 5.54. The fourth-order valence-electron chi connectivity index (χ4n) is 2.77. The number of ether oxygens (including phenoxy) is 1. The van der Waals surface area contributed by atoms with E-state index in [1.165, 1.54) is 7.11 Å². The average molecular weight is 379 g/mol. The molecule has 1 aromatic carbocycles. The number of carbonyl (C=O) groups is 2. The van der Waals surface area contributed by atoms with Gasteiger partial charge < -0.3 is 25.2 Å². The van der Waals surface area contributed by atoms with Crippen LogP contribution in [0.15, 0.2) is 18.2 Å². The fraction of sp³-hybridized carbons (Fsp3) is 0.600. The highest BCUT2D eigenvalue weighted by Crippen LogP contribution is 2.25. The molecule has 0 aliphatic heterocycles. The maximum Gasteiger partial charge on any atom is 0.319 e. The van der Waals surface area contributed by atoms with E-state index in [-0.39, 0.29) is 24.6 Å². The first-order valence-electron chi connectivity index (χ1n) is 9.28. The second kappa shape index (κ2) is 10.8. The normalized spacial score (nSPS) is 10.9. The van der Waals surface area contributed by atoms with Crippen molar-refractivity contribution in [2.75, 3.05) is 44.6 Å². The van der Waals surface area contributed by atoms with Gasteiger partial charge in [-0.3, -0.25) is 4.79 Å². The number of benzene rings is 1. The molecule has 0 saturated heterocycles. The lowest BCUT2D eigenvalue weighted by molar-refractivity contribution is -0.136. The lowest BCUT2D eigenvalue weighted by Gasteiger charge is -2.27. The van der Waals surface area contributed by atoms with E-state index in [4.69, 9.17) is 4.74 Å². The summed E-state index contributed by atoms with van der Waals surface area (Å²) >= 11 is 0. The van der Waals surface area contributed by atoms with Crippen LogP contribution in [0.3, 0.4) is 0 Å². The van der Waals surface area contributed by atoms with E-state index in [1.807, 2.05) is 51.0 Å². The third-order valence-electron chi connectivity index (χ3n) is 3.81. The van der Waals surface area contributed by atoms with Gasteiger partial charge in [0.15, 0.2) is 0 Å². The third kappa shape index (κ3) is 7.86. The van der Waals surface area contributed by atoms with Crippen LogP contribution in [0.5, 0.6) is 0 Å².